The highest BCUT2D eigenvalue weighted by Gasteiger charge is 2.14. The molecule has 1 fully saturated rings. The predicted octanol–water partition coefficient (Wildman–Crippen LogP) is 2.16. The molecule has 1 aliphatic rings. The third-order valence-corrected chi connectivity index (χ3v) is 2.88. The molecule has 1 atom stereocenters. The van der Waals surface area contributed by atoms with E-state index < -0.39 is 0 Å². The number of nitrogens with one attached hydrogen (secondary N) is 1. The predicted molar refractivity (Wildman–Crippen MR) is 67.2 cm³/mol. The molecule has 3 heteroatoms. The van der Waals surface area contributed by atoms with E-state index in [0.29, 0.717) is 6.61 Å². The van der Waals surface area contributed by atoms with E-state index in [1.165, 1.54) is 10.8 Å². The zero-order valence-corrected chi connectivity index (χ0v) is 9.56. The van der Waals surface area contributed by atoms with Gasteiger partial charge in [0.15, 0.2) is 0 Å². The van der Waals surface area contributed by atoms with Gasteiger partial charge in [0.25, 0.3) is 0 Å². The van der Waals surface area contributed by atoms with Gasteiger partial charge in [0.2, 0.25) is 6.29 Å². The van der Waals surface area contributed by atoms with Gasteiger partial charge in [0.05, 0.1) is 13.2 Å². The topological polar surface area (TPSA) is 30.5 Å². The van der Waals surface area contributed by atoms with Gasteiger partial charge in [0.1, 0.15) is 5.75 Å². The number of fused-ring (bicyclic) bond motifs is 1. The molecule has 0 aliphatic carbocycles. The van der Waals surface area contributed by atoms with Gasteiger partial charge < -0.3 is 14.8 Å². The van der Waals surface area contributed by atoms with E-state index in [-0.39, 0.29) is 6.29 Å². The van der Waals surface area contributed by atoms with Crippen LogP contribution in [-0.2, 0) is 4.74 Å². The van der Waals surface area contributed by atoms with Crippen molar-refractivity contribution >= 4 is 10.8 Å². The van der Waals surface area contributed by atoms with Crippen molar-refractivity contribution in [3.8, 4) is 5.75 Å². The lowest BCUT2D eigenvalue weighted by Gasteiger charge is -2.24. The van der Waals surface area contributed by atoms with Crippen LogP contribution in [0.4, 0.5) is 0 Å². The van der Waals surface area contributed by atoms with Gasteiger partial charge in [-0.1, -0.05) is 30.3 Å². The summed E-state index contributed by atoms with van der Waals surface area (Å²) in [6, 6.07) is 14.4. The van der Waals surface area contributed by atoms with E-state index in [0.717, 1.165) is 18.8 Å². The molecule has 1 unspecified atom stereocenters. The summed E-state index contributed by atoms with van der Waals surface area (Å²) >= 11 is 0. The molecule has 3 nitrogen and oxygen atoms in total. The number of hydrogen-bond acceptors (Lipinski definition) is 3. The van der Waals surface area contributed by atoms with E-state index in [2.05, 4.69) is 23.5 Å². The molecular formula is C14H15NO2. The van der Waals surface area contributed by atoms with Crippen LogP contribution < -0.4 is 10.1 Å². The zero-order valence-electron chi connectivity index (χ0n) is 9.56. The molecule has 1 heterocycles. The summed E-state index contributed by atoms with van der Waals surface area (Å²) in [5.41, 5.74) is 0. The van der Waals surface area contributed by atoms with Crippen molar-refractivity contribution in [1.82, 2.24) is 5.32 Å². The second kappa shape index (κ2) is 4.73. The van der Waals surface area contributed by atoms with Gasteiger partial charge in [0, 0.05) is 6.54 Å². The average Bonchev–Trinajstić information content (AvgIpc) is 2.40. The van der Waals surface area contributed by atoms with Gasteiger partial charge >= 0.3 is 0 Å². The first kappa shape index (κ1) is 10.6. The maximum atomic E-state index is 5.78. The van der Waals surface area contributed by atoms with Crippen molar-refractivity contribution in [3.05, 3.63) is 42.5 Å². The molecule has 3 rings (SSSR count). The van der Waals surface area contributed by atoms with Crippen LogP contribution in [0.25, 0.3) is 10.8 Å². The maximum Gasteiger partial charge on any atom is 0.212 e. The highest BCUT2D eigenvalue weighted by molar-refractivity contribution is 5.83. The van der Waals surface area contributed by atoms with Crippen molar-refractivity contribution < 1.29 is 9.47 Å². The van der Waals surface area contributed by atoms with Gasteiger partial charge in [-0.2, -0.15) is 0 Å². The lowest BCUT2D eigenvalue weighted by Crippen LogP contribution is -2.41. The molecule has 0 amide bonds. The second-order valence-electron chi connectivity index (χ2n) is 4.13. The van der Waals surface area contributed by atoms with Gasteiger partial charge in [-0.25, -0.2) is 0 Å². The van der Waals surface area contributed by atoms with Gasteiger partial charge in [-0.05, 0) is 22.9 Å². The largest absolute Gasteiger partial charge is 0.464 e. The Morgan fingerprint density at radius 2 is 2.00 bits per heavy atom. The van der Waals surface area contributed by atoms with Crippen LogP contribution in [-0.4, -0.2) is 26.0 Å². The molecule has 88 valence electrons. The molecule has 0 saturated carbocycles. The van der Waals surface area contributed by atoms with Crippen LogP contribution in [0.1, 0.15) is 0 Å². The smallest absolute Gasteiger partial charge is 0.212 e. The van der Waals surface area contributed by atoms with Crippen molar-refractivity contribution in [2.75, 3.05) is 19.7 Å². The van der Waals surface area contributed by atoms with Crippen LogP contribution in [0.2, 0.25) is 0 Å². The van der Waals surface area contributed by atoms with E-state index in [9.17, 15) is 0 Å². The molecule has 1 aliphatic heterocycles. The molecule has 17 heavy (non-hydrogen) atoms. The van der Waals surface area contributed by atoms with Crippen LogP contribution in [0.5, 0.6) is 5.75 Å². The fourth-order valence-electron chi connectivity index (χ4n) is 2.01. The Morgan fingerprint density at radius 3 is 2.82 bits per heavy atom. The zero-order chi connectivity index (χ0) is 11.5. The first-order valence-corrected chi connectivity index (χ1v) is 5.89. The molecule has 0 aromatic heterocycles. The normalized spacial score (nSPS) is 20.4. The SMILES string of the molecule is c1ccc2cc(OC3CNCCO3)ccc2c1. The lowest BCUT2D eigenvalue weighted by atomic mass is 10.1. The van der Waals surface area contributed by atoms with Crippen LogP contribution in [0, 0.1) is 0 Å². The highest BCUT2D eigenvalue weighted by Crippen LogP contribution is 2.21. The van der Waals surface area contributed by atoms with Gasteiger partial charge in [-0.15, -0.1) is 0 Å². The third-order valence-electron chi connectivity index (χ3n) is 2.88. The van der Waals surface area contributed by atoms with E-state index in [1.807, 2.05) is 24.3 Å². The number of morpholine rings is 1. The van der Waals surface area contributed by atoms with Crippen molar-refractivity contribution in [2.24, 2.45) is 0 Å². The minimum absolute atomic E-state index is 0.176. The molecule has 0 bridgehead atoms. The summed E-state index contributed by atoms with van der Waals surface area (Å²) in [6.45, 7) is 2.35. The van der Waals surface area contributed by atoms with Crippen LogP contribution >= 0.6 is 0 Å². The Kier molecular flexibility index (Phi) is 2.94. The molecule has 1 saturated heterocycles. The molecule has 1 N–H and O–H groups in total. The summed E-state index contributed by atoms with van der Waals surface area (Å²) in [6.07, 6.45) is -0.176. The highest BCUT2D eigenvalue weighted by atomic mass is 16.7. The summed E-state index contributed by atoms with van der Waals surface area (Å²) in [4.78, 5) is 0. The Morgan fingerprint density at radius 1 is 1.12 bits per heavy atom. The third kappa shape index (κ3) is 2.40. The summed E-state index contributed by atoms with van der Waals surface area (Å²) < 4.78 is 11.3. The monoisotopic (exact) mass is 229 g/mol. The van der Waals surface area contributed by atoms with Crippen LogP contribution in [0.15, 0.2) is 42.5 Å². The Labute approximate surface area is 100 Å². The summed E-state index contributed by atoms with van der Waals surface area (Å²) in [5.74, 6) is 0.859. The number of benzene rings is 2. The molecule has 2 aromatic rings. The fourth-order valence-corrected chi connectivity index (χ4v) is 2.01. The first-order chi connectivity index (χ1) is 8.42. The minimum atomic E-state index is -0.176. The Hall–Kier alpha value is -1.58. The Bertz CT molecular complexity index is 506. The lowest BCUT2D eigenvalue weighted by molar-refractivity contribution is -0.0946. The molecule has 2 aromatic carbocycles. The number of rotatable bonds is 2. The quantitative estimate of drug-likeness (QED) is 0.856. The van der Waals surface area contributed by atoms with E-state index >= 15 is 0 Å². The van der Waals surface area contributed by atoms with E-state index in [4.69, 9.17) is 9.47 Å². The Balaban J connectivity index is 1.80. The average molecular weight is 229 g/mol. The van der Waals surface area contributed by atoms with Crippen molar-refractivity contribution in [2.45, 2.75) is 6.29 Å². The fraction of sp³-hybridized carbons (Fsp3) is 0.286. The van der Waals surface area contributed by atoms with Gasteiger partial charge in [-0.3, -0.25) is 0 Å². The molecule has 0 radical (unpaired) electrons. The van der Waals surface area contributed by atoms with Crippen molar-refractivity contribution in [1.29, 1.82) is 0 Å². The summed E-state index contributed by atoms with van der Waals surface area (Å²) in [7, 11) is 0. The standard InChI is InChI=1S/C14H15NO2/c1-2-4-12-9-13(6-5-11(12)3-1)17-14-10-15-7-8-16-14/h1-6,9,14-15H,7-8,10H2. The maximum absolute atomic E-state index is 5.78. The molecule has 0 spiro atoms. The van der Waals surface area contributed by atoms with Crippen LogP contribution in [0.3, 0.4) is 0 Å². The number of ether oxygens (including phenoxy) is 2. The second-order valence-corrected chi connectivity index (χ2v) is 4.13. The minimum Gasteiger partial charge on any atom is -0.464 e. The van der Waals surface area contributed by atoms with E-state index in [1.54, 1.807) is 0 Å². The number of hydrogen-bond donors (Lipinski definition) is 1. The molecular weight excluding hydrogens is 214 g/mol. The van der Waals surface area contributed by atoms with Crippen molar-refractivity contribution in [3.63, 3.8) is 0 Å². The first-order valence-electron chi connectivity index (χ1n) is 5.89. The summed E-state index contributed by atoms with van der Waals surface area (Å²) in [5, 5.41) is 5.66.